The van der Waals surface area contributed by atoms with E-state index in [9.17, 15) is 19.2 Å². The van der Waals surface area contributed by atoms with Crippen LogP contribution in [0.1, 0.15) is 26.7 Å². The summed E-state index contributed by atoms with van der Waals surface area (Å²) in [6, 6.07) is -1.15. The van der Waals surface area contributed by atoms with E-state index in [1.807, 2.05) is 0 Å². The number of rotatable bonds is 6. The van der Waals surface area contributed by atoms with E-state index in [0.29, 0.717) is 6.54 Å². The van der Waals surface area contributed by atoms with Gasteiger partial charge in [0.25, 0.3) is 5.91 Å². The van der Waals surface area contributed by atoms with Gasteiger partial charge in [0.2, 0.25) is 5.91 Å². The van der Waals surface area contributed by atoms with Gasteiger partial charge in [0.05, 0.1) is 26.1 Å². The van der Waals surface area contributed by atoms with Crippen molar-refractivity contribution in [1.29, 1.82) is 0 Å². The highest BCUT2D eigenvalue weighted by Gasteiger charge is 2.48. The van der Waals surface area contributed by atoms with Gasteiger partial charge >= 0.3 is 12.0 Å². The number of carboxylic acid groups (broad SMARTS) is 1. The molecule has 2 heterocycles. The van der Waals surface area contributed by atoms with Gasteiger partial charge in [-0.15, -0.1) is 0 Å². The quantitative estimate of drug-likeness (QED) is 0.620. The minimum Gasteiger partial charge on any atom is -0.481 e. The van der Waals surface area contributed by atoms with Crippen molar-refractivity contribution in [2.75, 3.05) is 32.8 Å². The molecule has 2 fully saturated rings. The van der Waals surface area contributed by atoms with E-state index in [2.05, 4.69) is 0 Å². The Balaban J connectivity index is 2.01. The van der Waals surface area contributed by atoms with E-state index < -0.39 is 29.4 Å². The van der Waals surface area contributed by atoms with Crippen molar-refractivity contribution in [2.24, 2.45) is 5.41 Å². The summed E-state index contributed by atoms with van der Waals surface area (Å²) in [6.07, 6.45) is -0.0572. The fraction of sp³-hybridized carbons (Fsp3) is 0.733. The third-order valence-electron chi connectivity index (χ3n) is 4.34. The second kappa shape index (κ2) is 6.76. The second-order valence-electron chi connectivity index (χ2n) is 6.96. The number of urea groups is 1. The summed E-state index contributed by atoms with van der Waals surface area (Å²) >= 11 is 0. The van der Waals surface area contributed by atoms with Crippen LogP contribution in [0.5, 0.6) is 0 Å². The predicted molar refractivity (Wildman–Crippen MR) is 81.9 cm³/mol. The number of carbonyl (C=O) groups is 4. The van der Waals surface area contributed by atoms with Gasteiger partial charge in [-0.25, -0.2) is 4.79 Å². The van der Waals surface area contributed by atoms with Crippen molar-refractivity contribution in [1.82, 2.24) is 14.7 Å². The zero-order valence-electron chi connectivity index (χ0n) is 13.9. The normalized spacial score (nSPS) is 21.3. The summed E-state index contributed by atoms with van der Waals surface area (Å²) in [5, 5.41) is 17.9. The fourth-order valence-corrected chi connectivity index (χ4v) is 3.18. The van der Waals surface area contributed by atoms with Crippen LogP contribution in [-0.4, -0.2) is 87.6 Å². The van der Waals surface area contributed by atoms with Gasteiger partial charge in [-0.05, 0) is 5.41 Å². The summed E-state index contributed by atoms with van der Waals surface area (Å²) in [5.74, 6) is -1.59. The Kier molecular flexibility index (Phi) is 5.12. The van der Waals surface area contributed by atoms with Crippen molar-refractivity contribution in [3.8, 4) is 0 Å². The molecular weight excluding hydrogens is 318 g/mol. The predicted octanol–water partition coefficient (Wildman–Crippen LogP) is -0.655. The third-order valence-corrected chi connectivity index (χ3v) is 4.34. The molecule has 4 amide bonds. The molecule has 9 heteroatoms. The van der Waals surface area contributed by atoms with E-state index in [-0.39, 0.29) is 45.0 Å². The largest absolute Gasteiger partial charge is 0.481 e. The topological polar surface area (TPSA) is 118 Å². The van der Waals surface area contributed by atoms with Crippen LogP contribution in [0.2, 0.25) is 0 Å². The van der Waals surface area contributed by atoms with Crippen molar-refractivity contribution in [3.63, 3.8) is 0 Å². The summed E-state index contributed by atoms with van der Waals surface area (Å²) in [7, 11) is 0. The molecule has 0 saturated carbocycles. The Bertz CT molecular complexity index is 561. The van der Waals surface area contributed by atoms with Crippen LogP contribution in [0.25, 0.3) is 0 Å². The van der Waals surface area contributed by atoms with Crippen molar-refractivity contribution in [2.45, 2.75) is 32.7 Å². The molecule has 2 saturated heterocycles. The lowest BCUT2D eigenvalue weighted by Crippen LogP contribution is -2.55. The van der Waals surface area contributed by atoms with Crippen LogP contribution in [-0.2, 0) is 14.4 Å². The van der Waals surface area contributed by atoms with Gasteiger partial charge < -0.3 is 20.0 Å². The smallest absolute Gasteiger partial charge is 0.327 e. The van der Waals surface area contributed by atoms with Crippen molar-refractivity contribution >= 4 is 23.8 Å². The van der Waals surface area contributed by atoms with E-state index in [1.54, 1.807) is 13.8 Å². The number of hydrogen-bond acceptors (Lipinski definition) is 5. The molecule has 2 aliphatic rings. The minimum absolute atomic E-state index is 0.0513. The second-order valence-corrected chi connectivity index (χ2v) is 6.96. The highest BCUT2D eigenvalue weighted by Crippen LogP contribution is 2.28. The molecular formula is C15H23N3O6. The van der Waals surface area contributed by atoms with E-state index >= 15 is 0 Å². The van der Waals surface area contributed by atoms with Gasteiger partial charge in [0, 0.05) is 19.5 Å². The molecule has 0 aromatic rings. The molecule has 2 aliphatic heterocycles. The number of β-amino-alcohol motifs (C(OH)–C–C–N with tert-alkyl or cyclic N) is 1. The Morgan fingerprint density at radius 3 is 2.46 bits per heavy atom. The maximum atomic E-state index is 12.4. The van der Waals surface area contributed by atoms with Crippen molar-refractivity contribution < 1.29 is 29.4 Å². The van der Waals surface area contributed by atoms with E-state index in [4.69, 9.17) is 10.2 Å². The van der Waals surface area contributed by atoms with E-state index in [1.165, 1.54) is 9.80 Å². The number of hydrogen-bond donors (Lipinski definition) is 2. The first kappa shape index (κ1) is 18.2. The highest BCUT2D eigenvalue weighted by atomic mass is 16.4. The number of carbonyl (C=O) groups excluding carboxylic acids is 3. The Morgan fingerprint density at radius 1 is 1.21 bits per heavy atom. The fourth-order valence-electron chi connectivity index (χ4n) is 3.18. The first-order valence-corrected chi connectivity index (χ1v) is 7.89. The first-order valence-electron chi connectivity index (χ1n) is 7.89. The van der Waals surface area contributed by atoms with Gasteiger partial charge in [-0.1, -0.05) is 13.8 Å². The van der Waals surface area contributed by atoms with Crippen LogP contribution in [0, 0.1) is 5.41 Å². The van der Waals surface area contributed by atoms with E-state index in [0.717, 1.165) is 4.90 Å². The monoisotopic (exact) mass is 341 g/mol. The Labute approximate surface area is 139 Å². The molecule has 9 nitrogen and oxygen atoms in total. The molecule has 0 unspecified atom stereocenters. The third kappa shape index (κ3) is 3.66. The van der Waals surface area contributed by atoms with Gasteiger partial charge in [0.1, 0.15) is 6.04 Å². The number of aliphatic carboxylic acids is 1. The summed E-state index contributed by atoms with van der Waals surface area (Å²) in [5.41, 5.74) is -0.682. The number of imide groups is 1. The molecule has 2 rings (SSSR count). The number of piperazine rings is 1. The molecule has 1 atom stereocenters. The molecule has 0 aromatic heterocycles. The van der Waals surface area contributed by atoms with Crippen LogP contribution >= 0.6 is 0 Å². The van der Waals surface area contributed by atoms with Gasteiger partial charge in [0.15, 0.2) is 0 Å². The summed E-state index contributed by atoms with van der Waals surface area (Å²) in [6.45, 7) is 3.74. The highest BCUT2D eigenvalue weighted by molar-refractivity contribution is 6.04. The first-order chi connectivity index (χ1) is 11.2. The number of amides is 4. The minimum atomic E-state index is -0.964. The van der Waals surface area contributed by atoms with Crippen LogP contribution in [0.4, 0.5) is 4.79 Å². The molecule has 134 valence electrons. The zero-order valence-corrected chi connectivity index (χ0v) is 13.9. The molecule has 0 aromatic carbocycles. The number of carboxylic acids is 1. The average Bonchev–Trinajstić information content (AvgIpc) is 2.70. The Morgan fingerprint density at radius 2 is 1.88 bits per heavy atom. The maximum Gasteiger partial charge on any atom is 0.327 e. The van der Waals surface area contributed by atoms with Gasteiger partial charge in [-0.2, -0.15) is 0 Å². The molecule has 0 aliphatic carbocycles. The lowest BCUT2D eigenvalue weighted by atomic mass is 9.85. The zero-order chi connectivity index (χ0) is 18.1. The molecule has 0 bridgehead atoms. The number of aliphatic hydroxyl groups excluding tert-OH is 1. The van der Waals surface area contributed by atoms with Crippen LogP contribution < -0.4 is 0 Å². The number of nitrogens with zero attached hydrogens (tertiary/aromatic N) is 3. The molecule has 0 radical (unpaired) electrons. The standard InChI is InChI=1S/C15H23N3O6/c1-15(2,8-12(21)22)7-11(20)16-3-4-17-10(9-16)13(23)18(5-6-19)14(17)24/h10,19H,3-9H2,1-2H3,(H,21,22)/t10-/m1/s1. The molecule has 0 spiro atoms. The lowest BCUT2D eigenvalue weighted by Gasteiger charge is -2.36. The molecule has 24 heavy (non-hydrogen) atoms. The van der Waals surface area contributed by atoms with Crippen LogP contribution in [0.3, 0.4) is 0 Å². The number of fused-ring (bicyclic) bond motifs is 1. The van der Waals surface area contributed by atoms with Gasteiger partial charge in [-0.3, -0.25) is 19.3 Å². The summed E-state index contributed by atoms with van der Waals surface area (Å²) < 4.78 is 0. The Hall–Kier alpha value is -2.16. The molecule has 2 N–H and O–H groups in total. The average molecular weight is 341 g/mol. The lowest BCUT2D eigenvalue weighted by molar-refractivity contribution is -0.141. The van der Waals surface area contributed by atoms with Crippen molar-refractivity contribution in [3.05, 3.63) is 0 Å². The number of aliphatic hydroxyl groups is 1. The summed E-state index contributed by atoms with van der Waals surface area (Å²) in [4.78, 5) is 51.6. The maximum absolute atomic E-state index is 12.4. The van der Waals surface area contributed by atoms with Crippen LogP contribution in [0.15, 0.2) is 0 Å². The SMILES string of the molecule is CC(C)(CC(=O)O)CC(=O)N1CCN2C(=O)N(CCO)C(=O)[C@H]2C1.